The van der Waals surface area contributed by atoms with E-state index >= 15 is 0 Å². The van der Waals surface area contributed by atoms with Crippen LogP contribution < -0.4 is 0 Å². The van der Waals surface area contributed by atoms with Crippen LogP contribution in [0.5, 0.6) is 0 Å². The van der Waals surface area contributed by atoms with Crippen LogP contribution in [0.3, 0.4) is 0 Å². The summed E-state index contributed by atoms with van der Waals surface area (Å²) in [5.41, 5.74) is 0. The van der Waals surface area contributed by atoms with E-state index in [9.17, 15) is 0 Å². The highest BCUT2D eigenvalue weighted by atomic mass is 16.5. The zero-order valence-electron chi connectivity index (χ0n) is 24.3. The van der Waals surface area contributed by atoms with Crippen molar-refractivity contribution < 1.29 is 4.74 Å². The van der Waals surface area contributed by atoms with Crippen LogP contribution in [0.1, 0.15) is 170 Å². The number of hydrogen-bond acceptors (Lipinski definition) is 1. The van der Waals surface area contributed by atoms with Crippen LogP contribution in [0.25, 0.3) is 0 Å². The summed E-state index contributed by atoms with van der Waals surface area (Å²) < 4.78 is 6.05. The van der Waals surface area contributed by atoms with Gasteiger partial charge in [0.15, 0.2) is 0 Å². The molecular formula is C32H66O. The number of rotatable bonds is 26. The minimum absolute atomic E-state index is 0.910. The Morgan fingerprint density at radius 3 is 1.06 bits per heavy atom. The van der Waals surface area contributed by atoms with Gasteiger partial charge < -0.3 is 4.74 Å². The highest BCUT2D eigenvalue weighted by Crippen LogP contribution is 2.29. The second-order valence-electron chi connectivity index (χ2n) is 11.4. The Morgan fingerprint density at radius 1 is 0.394 bits per heavy atom. The van der Waals surface area contributed by atoms with Crippen LogP contribution >= 0.6 is 0 Å². The first-order chi connectivity index (χ1) is 16.1. The third kappa shape index (κ3) is 19.9. The fourth-order valence-corrected chi connectivity index (χ4v) is 5.59. The topological polar surface area (TPSA) is 9.23 Å². The van der Waals surface area contributed by atoms with E-state index in [4.69, 9.17) is 4.74 Å². The van der Waals surface area contributed by atoms with Crippen molar-refractivity contribution in [1.82, 2.24) is 0 Å². The lowest BCUT2D eigenvalue weighted by Crippen LogP contribution is -2.13. The molecule has 200 valence electrons. The van der Waals surface area contributed by atoms with Gasteiger partial charge in [0.1, 0.15) is 0 Å². The molecule has 0 aromatic heterocycles. The summed E-state index contributed by atoms with van der Waals surface area (Å²) in [7, 11) is 0. The molecule has 0 aromatic carbocycles. The van der Waals surface area contributed by atoms with Crippen molar-refractivity contribution in [3.05, 3.63) is 0 Å². The van der Waals surface area contributed by atoms with Crippen LogP contribution in [-0.4, -0.2) is 13.2 Å². The van der Waals surface area contributed by atoms with Crippen LogP contribution in [0.15, 0.2) is 0 Å². The minimum atomic E-state index is 0.910. The van der Waals surface area contributed by atoms with Gasteiger partial charge in [-0.25, -0.2) is 0 Å². The van der Waals surface area contributed by atoms with Crippen molar-refractivity contribution in [2.24, 2.45) is 23.7 Å². The average molecular weight is 467 g/mol. The molecule has 4 unspecified atom stereocenters. The normalized spacial score (nSPS) is 15.5. The average Bonchev–Trinajstić information content (AvgIpc) is 2.82. The SMILES string of the molecule is CCCCCC(CCCCOCCCCC(CCCCC)C(C)CCCC)C(C)CCCC. The first-order valence-corrected chi connectivity index (χ1v) is 15.7. The minimum Gasteiger partial charge on any atom is -0.381 e. The van der Waals surface area contributed by atoms with Crippen molar-refractivity contribution in [3.8, 4) is 0 Å². The molecule has 0 aromatic rings. The molecule has 0 aliphatic heterocycles. The Labute approximate surface area is 211 Å². The molecule has 0 bridgehead atoms. The lowest BCUT2D eigenvalue weighted by Gasteiger charge is -2.24. The van der Waals surface area contributed by atoms with E-state index in [0.717, 1.165) is 36.9 Å². The quantitative estimate of drug-likeness (QED) is 0.115. The molecule has 33 heavy (non-hydrogen) atoms. The zero-order valence-corrected chi connectivity index (χ0v) is 24.3. The molecule has 0 saturated heterocycles. The van der Waals surface area contributed by atoms with Crippen LogP contribution in [0.4, 0.5) is 0 Å². The third-order valence-corrected chi connectivity index (χ3v) is 8.22. The highest BCUT2D eigenvalue weighted by molar-refractivity contribution is 4.69. The van der Waals surface area contributed by atoms with Crippen molar-refractivity contribution in [1.29, 1.82) is 0 Å². The van der Waals surface area contributed by atoms with Gasteiger partial charge in [-0.3, -0.25) is 0 Å². The molecule has 4 atom stereocenters. The van der Waals surface area contributed by atoms with Gasteiger partial charge in [-0.1, -0.05) is 157 Å². The Morgan fingerprint density at radius 2 is 0.727 bits per heavy atom. The molecule has 0 saturated carbocycles. The van der Waals surface area contributed by atoms with E-state index in [2.05, 4.69) is 41.5 Å². The molecule has 0 heterocycles. The van der Waals surface area contributed by atoms with E-state index in [1.165, 1.54) is 128 Å². The lowest BCUT2D eigenvalue weighted by molar-refractivity contribution is 0.121. The Kier molecular flexibility index (Phi) is 25.0. The fourth-order valence-electron chi connectivity index (χ4n) is 5.59. The molecule has 0 N–H and O–H groups in total. The molecule has 1 nitrogen and oxygen atoms in total. The summed E-state index contributed by atoms with van der Waals surface area (Å²) in [6.07, 6.45) is 27.8. The molecule has 0 fully saturated rings. The largest absolute Gasteiger partial charge is 0.381 e. The molecule has 1 heteroatoms. The van der Waals surface area contributed by atoms with Gasteiger partial charge in [-0.15, -0.1) is 0 Å². The number of hydrogen-bond donors (Lipinski definition) is 0. The predicted molar refractivity (Wildman–Crippen MR) is 151 cm³/mol. The van der Waals surface area contributed by atoms with Crippen LogP contribution in [0.2, 0.25) is 0 Å². The van der Waals surface area contributed by atoms with E-state index in [1.54, 1.807) is 0 Å². The molecule has 0 aliphatic carbocycles. The monoisotopic (exact) mass is 467 g/mol. The van der Waals surface area contributed by atoms with Gasteiger partial charge in [0, 0.05) is 13.2 Å². The van der Waals surface area contributed by atoms with Crippen LogP contribution in [0, 0.1) is 23.7 Å². The molecule has 0 spiro atoms. The summed E-state index contributed by atoms with van der Waals surface area (Å²) in [5.74, 6) is 3.71. The molecule has 0 rings (SSSR count). The third-order valence-electron chi connectivity index (χ3n) is 8.22. The fraction of sp³-hybridized carbons (Fsp3) is 1.00. The van der Waals surface area contributed by atoms with Gasteiger partial charge in [0.25, 0.3) is 0 Å². The summed E-state index contributed by atoms with van der Waals surface area (Å²) in [6.45, 7) is 16.3. The van der Waals surface area contributed by atoms with Gasteiger partial charge in [-0.2, -0.15) is 0 Å². The first kappa shape index (κ1) is 33.0. The summed E-state index contributed by atoms with van der Waals surface area (Å²) >= 11 is 0. The maximum Gasteiger partial charge on any atom is 0.0466 e. The van der Waals surface area contributed by atoms with Gasteiger partial charge in [-0.05, 0) is 36.5 Å². The number of unbranched alkanes of at least 4 members (excludes halogenated alkanes) is 8. The molecule has 0 amide bonds. The Bertz CT molecular complexity index is 332. The molecular weight excluding hydrogens is 400 g/mol. The summed E-state index contributed by atoms with van der Waals surface area (Å²) in [6, 6.07) is 0. The van der Waals surface area contributed by atoms with Crippen LogP contribution in [-0.2, 0) is 4.74 Å². The van der Waals surface area contributed by atoms with Crippen molar-refractivity contribution in [2.75, 3.05) is 13.2 Å². The zero-order chi connectivity index (χ0) is 24.6. The van der Waals surface area contributed by atoms with Crippen molar-refractivity contribution in [3.63, 3.8) is 0 Å². The van der Waals surface area contributed by atoms with Gasteiger partial charge >= 0.3 is 0 Å². The molecule has 0 aliphatic rings. The molecule has 0 radical (unpaired) electrons. The van der Waals surface area contributed by atoms with E-state index in [0.29, 0.717) is 0 Å². The number of ether oxygens (including phenoxy) is 1. The first-order valence-electron chi connectivity index (χ1n) is 15.7. The standard InChI is InChI=1S/C32H66O/c1-7-11-15-23-31(29(5)21-13-9-3)25-17-19-27-33-28-20-18-26-32(24-16-12-8-2)30(6)22-14-10-4/h29-32H,7-28H2,1-6H3. The summed E-state index contributed by atoms with van der Waals surface area (Å²) in [4.78, 5) is 0. The van der Waals surface area contributed by atoms with Gasteiger partial charge in [0.05, 0.1) is 0 Å². The van der Waals surface area contributed by atoms with E-state index < -0.39 is 0 Å². The predicted octanol–water partition coefficient (Wildman–Crippen LogP) is 11.4. The highest BCUT2D eigenvalue weighted by Gasteiger charge is 2.17. The van der Waals surface area contributed by atoms with E-state index in [1.807, 2.05) is 0 Å². The van der Waals surface area contributed by atoms with Gasteiger partial charge in [0.2, 0.25) is 0 Å². The Balaban J connectivity index is 3.98. The smallest absolute Gasteiger partial charge is 0.0466 e. The second-order valence-corrected chi connectivity index (χ2v) is 11.4. The summed E-state index contributed by atoms with van der Waals surface area (Å²) in [5, 5.41) is 0. The van der Waals surface area contributed by atoms with Crippen molar-refractivity contribution in [2.45, 2.75) is 170 Å². The Hall–Kier alpha value is -0.0400. The van der Waals surface area contributed by atoms with E-state index in [-0.39, 0.29) is 0 Å². The second kappa shape index (κ2) is 25.1. The van der Waals surface area contributed by atoms with Crippen molar-refractivity contribution >= 4 is 0 Å². The lowest BCUT2D eigenvalue weighted by atomic mass is 9.82. The maximum atomic E-state index is 6.05. The maximum absolute atomic E-state index is 6.05.